The van der Waals surface area contributed by atoms with Gasteiger partial charge in [-0.2, -0.15) is 0 Å². The number of halogens is 1. The number of carbonyl (C=O) groups excluding carboxylic acids is 1. The monoisotopic (exact) mass is 530 g/mol. The normalized spacial score (nSPS) is 14.6. The fourth-order valence-electron chi connectivity index (χ4n) is 4.57. The standard InChI is InChI=1S/C29H31FN4O.2C2H6/c1-18-16-22(9-13-26(18)30)28-24(6-5-15-34(28)4)21-10-14-27(32-3)25(17-21)19(2)33-23-11-7-20(8-12-23)29(31)35;2*1-2/h5-17,19,28,32-33H,1-4H3,(H2,31,35);2*1-2H3. The van der Waals surface area contributed by atoms with Gasteiger partial charge in [-0.15, -0.1) is 0 Å². The predicted molar refractivity (Wildman–Crippen MR) is 164 cm³/mol. The average Bonchev–Trinajstić information content (AvgIpc) is 2.96. The Kier molecular flexibility index (Phi) is 11.8. The number of benzene rings is 3. The molecule has 0 fully saturated rings. The van der Waals surface area contributed by atoms with E-state index in [1.807, 2.05) is 78.3 Å². The lowest BCUT2D eigenvalue weighted by Gasteiger charge is -2.33. The molecular formula is C33H43FN4O. The van der Waals surface area contributed by atoms with Crippen LogP contribution < -0.4 is 16.4 Å². The van der Waals surface area contributed by atoms with E-state index in [1.54, 1.807) is 25.1 Å². The highest BCUT2D eigenvalue weighted by molar-refractivity contribution is 5.93. The summed E-state index contributed by atoms with van der Waals surface area (Å²) in [7, 11) is 3.95. The van der Waals surface area contributed by atoms with Gasteiger partial charge in [-0.05, 0) is 96.4 Å². The number of nitrogens with zero attached hydrogens (tertiary/aromatic N) is 1. The lowest BCUT2D eigenvalue weighted by atomic mass is 9.88. The summed E-state index contributed by atoms with van der Waals surface area (Å²) in [5.41, 5.74) is 12.8. The van der Waals surface area contributed by atoms with E-state index in [0.29, 0.717) is 11.1 Å². The first-order chi connectivity index (χ1) is 18.8. The zero-order valence-electron chi connectivity index (χ0n) is 24.5. The van der Waals surface area contributed by atoms with Crippen LogP contribution in [0.3, 0.4) is 0 Å². The Bertz CT molecular complexity index is 1300. The van der Waals surface area contributed by atoms with E-state index in [0.717, 1.165) is 33.6 Å². The Hall–Kier alpha value is -4.06. The van der Waals surface area contributed by atoms with Crippen molar-refractivity contribution in [2.75, 3.05) is 24.7 Å². The van der Waals surface area contributed by atoms with E-state index in [-0.39, 0.29) is 17.9 Å². The number of allylic oxidation sites excluding steroid dienone is 2. The van der Waals surface area contributed by atoms with Crippen molar-refractivity contribution in [3.8, 4) is 0 Å². The highest BCUT2D eigenvalue weighted by Gasteiger charge is 2.25. The third-order valence-electron chi connectivity index (χ3n) is 6.47. The van der Waals surface area contributed by atoms with E-state index in [2.05, 4.69) is 46.7 Å². The van der Waals surface area contributed by atoms with Crippen LogP contribution in [-0.2, 0) is 0 Å². The number of likely N-dealkylation sites (N-methyl/N-ethyl adjacent to an activating group) is 1. The second-order valence-corrected chi connectivity index (χ2v) is 8.90. The van der Waals surface area contributed by atoms with E-state index < -0.39 is 5.91 Å². The molecule has 0 bridgehead atoms. The molecule has 1 heterocycles. The van der Waals surface area contributed by atoms with Crippen molar-refractivity contribution in [2.24, 2.45) is 5.73 Å². The van der Waals surface area contributed by atoms with Crippen LogP contribution in [-0.4, -0.2) is 24.9 Å². The van der Waals surface area contributed by atoms with Crippen LogP contribution in [0.2, 0.25) is 0 Å². The summed E-state index contributed by atoms with van der Waals surface area (Å²) in [6.07, 6.45) is 6.20. The lowest BCUT2D eigenvalue weighted by molar-refractivity contribution is 0.100. The number of aryl methyl sites for hydroxylation is 1. The molecule has 5 nitrogen and oxygen atoms in total. The van der Waals surface area contributed by atoms with Crippen LogP contribution in [0.5, 0.6) is 0 Å². The Morgan fingerprint density at radius 1 is 1.00 bits per heavy atom. The first kappa shape index (κ1) is 31.2. The van der Waals surface area contributed by atoms with E-state index in [1.165, 1.54) is 0 Å². The molecule has 1 aliphatic rings. The number of carbonyl (C=O) groups is 1. The van der Waals surface area contributed by atoms with E-state index in [4.69, 9.17) is 5.73 Å². The SMILES string of the molecule is CC.CC.CNc1ccc(C2=CC=CN(C)C2c2ccc(F)c(C)c2)cc1C(C)Nc1ccc(C(N)=O)cc1. The molecule has 4 N–H and O–H groups in total. The Morgan fingerprint density at radius 2 is 1.67 bits per heavy atom. The maximum atomic E-state index is 14.0. The summed E-state index contributed by atoms with van der Waals surface area (Å²) in [6, 6.07) is 18.8. The molecular weight excluding hydrogens is 487 g/mol. The maximum Gasteiger partial charge on any atom is 0.248 e. The van der Waals surface area contributed by atoms with Crippen LogP contribution >= 0.6 is 0 Å². The van der Waals surface area contributed by atoms with Crippen LogP contribution in [0, 0.1) is 12.7 Å². The Balaban J connectivity index is 0.00000127. The average molecular weight is 531 g/mol. The van der Waals surface area contributed by atoms with Gasteiger partial charge in [0.1, 0.15) is 5.82 Å². The van der Waals surface area contributed by atoms with Gasteiger partial charge in [0.2, 0.25) is 5.91 Å². The van der Waals surface area contributed by atoms with Crippen LogP contribution in [0.4, 0.5) is 15.8 Å². The Morgan fingerprint density at radius 3 is 2.26 bits per heavy atom. The molecule has 2 unspecified atom stereocenters. The molecule has 0 spiro atoms. The van der Waals surface area contributed by atoms with Crippen LogP contribution in [0.15, 0.2) is 79.0 Å². The van der Waals surface area contributed by atoms with Gasteiger partial charge in [0, 0.05) is 31.0 Å². The summed E-state index contributed by atoms with van der Waals surface area (Å²) in [6.45, 7) is 11.9. The smallest absolute Gasteiger partial charge is 0.248 e. The maximum absolute atomic E-state index is 14.0. The molecule has 1 amide bonds. The minimum Gasteiger partial charge on any atom is -0.388 e. The molecule has 0 radical (unpaired) electrons. The summed E-state index contributed by atoms with van der Waals surface area (Å²) >= 11 is 0. The molecule has 4 rings (SSSR count). The number of nitrogens with one attached hydrogen (secondary N) is 2. The van der Waals surface area contributed by atoms with Crippen molar-refractivity contribution in [1.29, 1.82) is 0 Å². The Labute approximate surface area is 233 Å². The molecule has 1 aliphatic heterocycles. The molecule has 208 valence electrons. The molecule has 0 saturated heterocycles. The molecule has 3 aromatic carbocycles. The number of rotatable bonds is 7. The van der Waals surface area contributed by atoms with Crippen molar-refractivity contribution in [2.45, 2.75) is 53.6 Å². The van der Waals surface area contributed by atoms with Crippen molar-refractivity contribution >= 4 is 22.9 Å². The molecule has 3 aromatic rings. The molecule has 0 saturated carbocycles. The molecule has 0 aromatic heterocycles. The fourth-order valence-corrected chi connectivity index (χ4v) is 4.57. The van der Waals surface area contributed by atoms with Gasteiger partial charge in [0.25, 0.3) is 0 Å². The van der Waals surface area contributed by atoms with Crippen molar-refractivity contribution < 1.29 is 9.18 Å². The summed E-state index contributed by atoms with van der Waals surface area (Å²) in [4.78, 5) is 13.5. The minimum atomic E-state index is -0.444. The molecule has 2 atom stereocenters. The first-order valence-electron chi connectivity index (χ1n) is 13.6. The van der Waals surface area contributed by atoms with Gasteiger partial charge in [-0.1, -0.05) is 52.0 Å². The van der Waals surface area contributed by atoms with Crippen molar-refractivity contribution in [3.05, 3.63) is 113 Å². The zero-order valence-corrected chi connectivity index (χ0v) is 24.5. The number of primary amides is 1. The number of anilines is 2. The van der Waals surface area contributed by atoms with Gasteiger partial charge < -0.3 is 21.3 Å². The second kappa shape index (κ2) is 14.8. The topological polar surface area (TPSA) is 70.4 Å². The number of hydrogen-bond acceptors (Lipinski definition) is 4. The van der Waals surface area contributed by atoms with Crippen LogP contribution in [0.1, 0.15) is 79.3 Å². The number of nitrogens with two attached hydrogens (primary N) is 1. The molecule has 0 aliphatic carbocycles. The van der Waals surface area contributed by atoms with Gasteiger partial charge in [0.15, 0.2) is 0 Å². The predicted octanol–water partition coefficient (Wildman–Crippen LogP) is 8.08. The van der Waals surface area contributed by atoms with Crippen molar-refractivity contribution in [3.63, 3.8) is 0 Å². The quantitative estimate of drug-likeness (QED) is 0.289. The van der Waals surface area contributed by atoms with Crippen molar-refractivity contribution in [1.82, 2.24) is 4.90 Å². The minimum absolute atomic E-state index is 0.0131. The molecule has 39 heavy (non-hydrogen) atoms. The second-order valence-electron chi connectivity index (χ2n) is 8.90. The highest BCUT2D eigenvalue weighted by atomic mass is 19.1. The highest BCUT2D eigenvalue weighted by Crippen LogP contribution is 2.39. The van der Waals surface area contributed by atoms with E-state index in [9.17, 15) is 9.18 Å². The van der Waals surface area contributed by atoms with Gasteiger partial charge >= 0.3 is 0 Å². The fraction of sp³-hybridized carbons (Fsp3) is 0.303. The van der Waals surface area contributed by atoms with Gasteiger partial charge in [-0.25, -0.2) is 4.39 Å². The van der Waals surface area contributed by atoms with Gasteiger partial charge in [0.05, 0.1) is 12.1 Å². The van der Waals surface area contributed by atoms with Crippen LogP contribution in [0.25, 0.3) is 5.57 Å². The van der Waals surface area contributed by atoms with E-state index >= 15 is 0 Å². The lowest BCUT2D eigenvalue weighted by Crippen LogP contribution is -2.23. The molecule has 6 heteroatoms. The summed E-state index contributed by atoms with van der Waals surface area (Å²) < 4.78 is 14.0. The third-order valence-corrected chi connectivity index (χ3v) is 6.47. The summed E-state index contributed by atoms with van der Waals surface area (Å²) in [5, 5.41) is 6.81. The third kappa shape index (κ3) is 7.50. The number of amides is 1. The number of hydrogen-bond donors (Lipinski definition) is 3. The largest absolute Gasteiger partial charge is 0.388 e. The first-order valence-corrected chi connectivity index (χ1v) is 13.6. The zero-order chi connectivity index (χ0) is 29.1. The summed E-state index contributed by atoms with van der Waals surface area (Å²) in [5.74, 6) is -0.641. The van der Waals surface area contributed by atoms with Gasteiger partial charge in [-0.3, -0.25) is 4.79 Å².